The molecule has 0 amide bonds. The Morgan fingerprint density at radius 1 is 1.62 bits per heavy atom. The molecule has 5 nitrogen and oxygen atoms in total. The largest absolute Gasteiger partial charge is 0.409 e. The van der Waals surface area contributed by atoms with E-state index in [0.717, 1.165) is 19.5 Å². The van der Waals surface area contributed by atoms with Gasteiger partial charge in [0.15, 0.2) is 0 Å². The molecule has 0 aromatic rings. The van der Waals surface area contributed by atoms with Crippen molar-refractivity contribution in [2.75, 3.05) is 25.1 Å². The average Bonchev–Trinajstić information content (AvgIpc) is 2.10. The highest BCUT2D eigenvalue weighted by Gasteiger charge is 1.94. The second-order valence-corrected chi connectivity index (χ2v) is 4.28. The summed E-state index contributed by atoms with van der Waals surface area (Å²) in [6, 6.07) is 0. The minimum Gasteiger partial charge on any atom is -0.409 e. The molecule has 6 heteroatoms. The molecule has 1 unspecified atom stereocenters. The van der Waals surface area contributed by atoms with Crippen molar-refractivity contribution < 1.29 is 9.42 Å². The number of nitrogens with one attached hydrogen (secondary N) is 1. The molecule has 0 aliphatic carbocycles. The van der Waals surface area contributed by atoms with Crippen LogP contribution in [0.4, 0.5) is 0 Å². The first-order chi connectivity index (χ1) is 6.16. The van der Waals surface area contributed by atoms with Gasteiger partial charge >= 0.3 is 0 Å². The summed E-state index contributed by atoms with van der Waals surface area (Å²) in [5.41, 5.74) is 5.26. The number of hydrogen-bond donors (Lipinski definition) is 3. The highest BCUT2D eigenvalue weighted by atomic mass is 32.2. The molecule has 0 saturated carbocycles. The van der Waals surface area contributed by atoms with Gasteiger partial charge in [0.25, 0.3) is 0 Å². The van der Waals surface area contributed by atoms with E-state index in [1.54, 1.807) is 6.26 Å². The average molecular weight is 207 g/mol. The highest BCUT2D eigenvalue weighted by molar-refractivity contribution is 7.84. The summed E-state index contributed by atoms with van der Waals surface area (Å²) in [7, 11) is -0.732. The summed E-state index contributed by atoms with van der Waals surface area (Å²) in [4.78, 5) is 0. The van der Waals surface area contributed by atoms with E-state index >= 15 is 0 Å². The van der Waals surface area contributed by atoms with Crippen molar-refractivity contribution in [1.82, 2.24) is 5.32 Å². The Morgan fingerprint density at radius 3 is 2.85 bits per heavy atom. The summed E-state index contributed by atoms with van der Waals surface area (Å²) in [5, 5.41) is 14.2. The first-order valence-corrected chi connectivity index (χ1v) is 5.86. The van der Waals surface area contributed by atoms with E-state index in [2.05, 4.69) is 10.5 Å². The predicted octanol–water partition coefficient (Wildman–Crippen LogP) is -0.519. The van der Waals surface area contributed by atoms with Crippen molar-refractivity contribution in [2.24, 2.45) is 10.9 Å². The maximum absolute atomic E-state index is 10.6. The third kappa shape index (κ3) is 9.29. The van der Waals surface area contributed by atoms with E-state index in [0.29, 0.717) is 12.2 Å². The second-order valence-electron chi connectivity index (χ2n) is 2.72. The van der Waals surface area contributed by atoms with Crippen LogP contribution in [0.5, 0.6) is 0 Å². The van der Waals surface area contributed by atoms with E-state index in [1.807, 2.05) is 0 Å². The van der Waals surface area contributed by atoms with Crippen LogP contribution in [0.25, 0.3) is 0 Å². The zero-order valence-electron chi connectivity index (χ0n) is 7.82. The molecule has 0 bridgehead atoms. The van der Waals surface area contributed by atoms with Gasteiger partial charge in [0.1, 0.15) is 5.84 Å². The lowest BCUT2D eigenvalue weighted by atomic mass is 10.3. The number of rotatable bonds is 7. The van der Waals surface area contributed by atoms with Crippen molar-refractivity contribution >= 4 is 16.6 Å². The van der Waals surface area contributed by atoms with Crippen LogP contribution in [-0.2, 0) is 10.8 Å². The topological polar surface area (TPSA) is 87.7 Å². The fourth-order valence-corrected chi connectivity index (χ4v) is 1.22. The van der Waals surface area contributed by atoms with Crippen molar-refractivity contribution in [2.45, 2.75) is 12.8 Å². The predicted molar refractivity (Wildman–Crippen MR) is 54.4 cm³/mol. The maximum Gasteiger partial charge on any atom is 0.139 e. The molecule has 78 valence electrons. The zero-order chi connectivity index (χ0) is 10.1. The van der Waals surface area contributed by atoms with Crippen LogP contribution in [0.2, 0.25) is 0 Å². The quantitative estimate of drug-likeness (QED) is 0.172. The SMILES string of the molecule is CS(=O)CCNCCCC(N)=NO. The van der Waals surface area contributed by atoms with E-state index in [4.69, 9.17) is 10.9 Å². The summed E-state index contributed by atoms with van der Waals surface area (Å²) in [5.74, 6) is 0.921. The molecule has 0 heterocycles. The van der Waals surface area contributed by atoms with Gasteiger partial charge in [-0.05, 0) is 13.0 Å². The number of hydrogen-bond acceptors (Lipinski definition) is 4. The van der Waals surface area contributed by atoms with Gasteiger partial charge < -0.3 is 16.3 Å². The lowest BCUT2D eigenvalue weighted by Crippen LogP contribution is -2.22. The van der Waals surface area contributed by atoms with Crippen molar-refractivity contribution in [1.29, 1.82) is 0 Å². The van der Waals surface area contributed by atoms with Crippen LogP contribution < -0.4 is 11.1 Å². The molecule has 0 aliphatic heterocycles. The maximum atomic E-state index is 10.6. The normalized spacial score (nSPS) is 14.4. The first-order valence-electron chi connectivity index (χ1n) is 4.14. The zero-order valence-corrected chi connectivity index (χ0v) is 8.64. The van der Waals surface area contributed by atoms with Crippen LogP contribution in [0.1, 0.15) is 12.8 Å². The molecule has 1 atom stereocenters. The summed E-state index contributed by atoms with van der Waals surface area (Å²) in [6.07, 6.45) is 3.09. The molecule has 0 aliphatic rings. The van der Waals surface area contributed by atoms with Crippen molar-refractivity contribution in [3.8, 4) is 0 Å². The Bertz CT molecular complexity index is 185. The first kappa shape index (κ1) is 12.4. The van der Waals surface area contributed by atoms with Crippen LogP contribution >= 0.6 is 0 Å². The van der Waals surface area contributed by atoms with Gasteiger partial charge in [-0.2, -0.15) is 0 Å². The molecule has 0 aromatic heterocycles. The molecular weight excluding hydrogens is 190 g/mol. The third-order valence-electron chi connectivity index (χ3n) is 1.48. The van der Waals surface area contributed by atoms with E-state index in [1.165, 1.54) is 0 Å². The van der Waals surface area contributed by atoms with Gasteiger partial charge in [0, 0.05) is 35.8 Å². The van der Waals surface area contributed by atoms with E-state index in [9.17, 15) is 4.21 Å². The molecular formula is C7H17N3O2S. The molecule has 13 heavy (non-hydrogen) atoms. The van der Waals surface area contributed by atoms with Crippen LogP contribution in [0.3, 0.4) is 0 Å². The number of oxime groups is 1. The second kappa shape index (κ2) is 8.00. The van der Waals surface area contributed by atoms with Gasteiger partial charge in [-0.15, -0.1) is 0 Å². The van der Waals surface area contributed by atoms with Crippen LogP contribution in [0.15, 0.2) is 5.16 Å². The molecule has 0 radical (unpaired) electrons. The van der Waals surface area contributed by atoms with Gasteiger partial charge in [0.2, 0.25) is 0 Å². The summed E-state index contributed by atoms with van der Waals surface area (Å²) >= 11 is 0. The molecule has 0 aromatic carbocycles. The Balaban J connectivity index is 3.13. The van der Waals surface area contributed by atoms with Gasteiger partial charge in [-0.1, -0.05) is 5.16 Å². The number of nitrogens with two attached hydrogens (primary N) is 1. The fraction of sp³-hybridized carbons (Fsp3) is 0.857. The fourth-order valence-electron chi connectivity index (χ4n) is 0.785. The number of nitrogens with zero attached hydrogens (tertiary/aromatic N) is 1. The van der Waals surface area contributed by atoms with Crippen LogP contribution in [-0.4, -0.2) is 40.3 Å². The van der Waals surface area contributed by atoms with Crippen LogP contribution in [0, 0.1) is 0 Å². The van der Waals surface area contributed by atoms with Gasteiger partial charge in [-0.25, -0.2) is 0 Å². The monoisotopic (exact) mass is 207 g/mol. The molecule has 0 fully saturated rings. The third-order valence-corrected chi connectivity index (χ3v) is 2.26. The molecule has 4 N–H and O–H groups in total. The van der Waals surface area contributed by atoms with Gasteiger partial charge in [0.05, 0.1) is 0 Å². The van der Waals surface area contributed by atoms with E-state index in [-0.39, 0.29) is 5.84 Å². The lowest BCUT2D eigenvalue weighted by Gasteiger charge is -2.02. The Labute approximate surface area is 80.8 Å². The Morgan fingerprint density at radius 2 is 2.31 bits per heavy atom. The molecule has 0 spiro atoms. The summed E-state index contributed by atoms with van der Waals surface area (Å²) in [6.45, 7) is 1.55. The smallest absolute Gasteiger partial charge is 0.139 e. The standard InChI is InChI=1S/C7H17N3O2S/c1-13(12)6-5-9-4-2-3-7(8)10-11/h9,11H,2-6H2,1H3,(H2,8,10). The minimum atomic E-state index is -0.732. The van der Waals surface area contributed by atoms with Crippen molar-refractivity contribution in [3.63, 3.8) is 0 Å². The van der Waals surface area contributed by atoms with Crippen molar-refractivity contribution in [3.05, 3.63) is 0 Å². The Hall–Kier alpha value is -0.620. The Kier molecular flexibility index (Phi) is 7.62. The summed E-state index contributed by atoms with van der Waals surface area (Å²) < 4.78 is 10.6. The molecule has 0 rings (SSSR count). The highest BCUT2D eigenvalue weighted by Crippen LogP contribution is 1.86. The molecule has 0 saturated heterocycles. The lowest BCUT2D eigenvalue weighted by molar-refractivity contribution is 0.316. The van der Waals surface area contributed by atoms with Gasteiger partial charge in [-0.3, -0.25) is 4.21 Å². The minimum absolute atomic E-state index is 0.251. The number of amidine groups is 1. The van der Waals surface area contributed by atoms with E-state index < -0.39 is 10.8 Å².